The van der Waals surface area contributed by atoms with Crippen LogP contribution in [0, 0.1) is 0 Å². The summed E-state index contributed by atoms with van der Waals surface area (Å²) in [4.78, 5) is 26.1. The number of carbonyl (C=O) groups excluding carboxylic acids is 2. The Labute approximate surface area is 148 Å². The third-order valence-corrected chi connectivity index (χ3v) is 4.71. The minimum Gasteiger partial charge on any atom is -0.351 e. The van der Waals surface area contributed by atoms with Crippen LogP contribution in [0.25, 0.3) is 0 Å². The molecule has 130 valence electrons. The predicted molar refractivity (Wildman–Crippen MR) is 99.3 cm³/mol. The van der Waals surface area contributed by atoms with Crippen molar-refractivity contribution in [1.82, 2.24) is 5.32 Å². The van der Waals surface area contributed by atoms with Crippen molar-refractivity contribution in [3.63, 3.8) is 0 Å². The van der Waals surface area contributed by atoms with Gasteiger partial charge in [-0.2, -0.15) is 0 Å². The molecule has 1 aliphatic rings. The van der Waals surface area contributed by atoms with Crippen molar-refractivity contribution >= 4 is 17.5 Å². The molecule has 1 aliphatic heterocycles. The van der Waals surface area contributed by atoms with Gasteiger partial charge in [0.1, 0.15) is 0 Å². The van der Waals surface area contributed by atoms with Gasteiger partial charge >= 0.3 is 0 Å². The van der Waals surface area contributed by atoms with E-state index in [1.54, 1.807) is 0 Å². The summed E-state index contributed by atoms with van der Waals surface area (Å²) in [5, 5.41) is 3.03. The number of rotatable bonds is 6. The van der Waals surface area contributed by atoms with Crippen molar-refractivity contribution in [1.29, 1.82) is 0 Å². The van der Waals surface area contributed by atoms with Crippen molar-refractivity contribution in [2.24, 2.45) is 0 Å². The first-order valence-electron chi connectivity index (χ1n) is 8.91. The molecule has 1 N–H and O–H groups in total. The number of hydrogen-bond acceptors (Lipinski definition) is 2. The fourth-order valence-corrected chi connectivity index (χ4v) is 3.29. The molecular formula is C21H24N2O2. The Balaban J connectivity index is 1.59. The molecule has 1 fully saturated rings. The highest BCUT2D eigenvalue weighted by Crippen LogP contribution is 2.22. The van der Waals surface area contributed by atoms with Gasteiger partial charge in [-0.15, -0.1) is 0 Å². The van der Waals surface area contributed by atoms with Crippen molar-refractivity contribution in [2.45, 2.75) is 38.6 Å². The smallest absolute Gasteiger partial charge is 0.227 e. The molecule has 2 aromatic rings. The monoisotopic (exact) mass is 336 g/mol. The number of anilines is 1. The Morgan fingerprint density at radius 3 is 2.44 bits per heavy atom. The van der Waals surface area contributed by atoms with Crippen LogP contribution in [-0.4, -0.2) is 18.4 Å². The molecule has 2 amide bonds. The second-order valence-electron chi connectivity index (χ2n) is 6.40. The molecule has 0 radical (unpaired) electrons. The summed E-state index contributed by atoms with van der Waals surface area (Å²) < 4.78 is 0. The molecule has 0 aliphatic carbocycles. The standard InChI is InChI=1S/C21H24N2O2/c1-2-19(17-7-4-3-5-8-17)21(25)22-15-16-10-12-18(13-11-16)23-14-6-9-20(23)24/h3-5,7-8,10-13,19H,2,6,9,14-15H2,1H3,(H,22,25). The topological polar surface area (TPSA) is 49.4 Å². The molecule has 25 heavy (non-hydrogen) atoms. The quantitative estimate of drug-likeness (QED) is 0.876. The Kier molecular flexibility index (Phi) is 5.49. The third-order valence-electron chi connectivity index (χ3n) is 4.71. The highest BCUT2D eigenvalue weighted by Gasteiger charge is 2.21. The van der Waals surface area contributed by atoms with Gasteiger partial charge in [0.15, 0.2) is 0 Å². The number of hydrogen-bond donors (Lipinski definition) is 1. The fraction of sp³-hybridized carbons (Fsp3) is 0.333. The Bertz CT molecular complexity index is 725. The molecular weight excluding hydrogens is 312 g/mol. The van der Waals surface area contributed by atoms with E-state index in [4.69, 9.17) is 0 Å². The minimum absolute atomic E-state index is 0.0486. The van der Waals surface area contributed by atoms with Crippen LogP contribution in [0.1, 0.15) is 43.2 Å². The number of nitrogens with zero attached hydrogens (tertiary/aromatic N) is 1. The Morgan fingerprint density at radius 2 is 1.84 bits per heavy atom. The van der Waals surface area contributed by atoms with Crippen LogP contribution >= 0.6 is 0 Å². The molecule has 0 saturated carbocycles. The third kappa shape index (κ3) is 4.08. The molecule has 1 atom stereocenters. The molecule has 2 aromatic carbocycles. The lowest BCUT2D eigenvalue weighted by atomic mass is 9.95. The van der Waals surface area contributed by atoms with Crippen LogP contribution in [0.4, 0.5) is 5.69 Å². The van der Waals surface area contributed by atoms with E-state index in [9.17, 15) is 9.59 Å². The zero-order valence-corrected chi connectivity index (χ0v) is 14.6. The van der Waals surface area contributed by atoms with E-state index in [1.165, 1.54) is 0 Å². The molecule has 3 rings (SSSR count). The first-order chi connectivity index (χ1) is 12.2. The molecule has 1 saturated heterocycles. The van der Waals surface area contributed by atoms with Crippen molar-refractivity contribution in [2.75, 3.05) is 11.4 Å². The number of benzene rings is 2. The lowest BCUT2D eigenvalue weighted by Gasteiger charge is -2.17. The number of amides is 2. The maximum atomic E-state index is 12.5. The zero-order chi connectivity index (χ0) is 17.6. The van der Waals surface area contributed by atoms with Gasteiger partial charge in [0, 0.05) is 25.2 Å². The highest BCUT2D eigenvalue weighted by molar-refractivity contribution is 5.95. The van der Waals surface area contributed by atoms with Crippen LogP contribution < -0.4 is 10.2 Å². The SMILES string of the molecule is CCC(C(=O)NCc1ccc(N2CCCC2=O)cc1)c1ccccc1. The van der Waals surface area contributed by atoms with Crippen molar-refractivity contribution in [3.05, 3.63) is 65.7 Å². The zero-order valence-electron chi connectivity index (χ0n) is 14.6. The summed E-state index contributed by atoms with van der Waals surface area (Å²) in [6.45, 7) is 3.32. The van der Waals surface area contributed by atoms with Gasteiger partial charge in [-0.25, -0.2) is 0 Å². The van der Waals surface area contributed by atoms with Crippen LogP contribution in [0.15, 0.2) is 54.6 Å². The summed E-state index contributed by atoms with van der Waals surface area (Å²) in [6.07, 6.45) is 2.33. The van der Waals surface area contributed by atoms with Crippen molar-refractivity contribution < 1.29 is 9.59 Å². The summed E-state index contributed by atoms with van der Waals surface area (Å²) >= 11 is 0. The van der Waals surface area contributed by atoms with E-state index < -0.39 is 0 Å². The van der Waals surface area contributed by atoms with E-state index in [-0.39, 0.29) is 17.7 Å². The maximum Gasteiger partial charge on any atom is 0.227 e. The second kappa shape index (κ2) is 7.97. The average molecular weight is 336 g/mol. The summed E-state index contributed by atoms with van der Waals surface area (Å²) in [5.41, 5.74) is 3.02. The maximum absolute atomic E-state index is 12.5. The van der Waals surface area contributed by atoms with Crippen LogP contribution in [0.2, 0.25) is 0 Å². The second-order valence-corrected chi connectivity index (χ2v) is 6.40. The molecule has 0 bridgehead atoms. The van der Waals surface area contributed by atoms with Gasteiger partial charge in [0.25, 0.3) is 0 Å². The van der Waals surface area contributed by atoms with Crippen LogP contribution in [0.3, 0.4) is 0 Å². The first kappa shape index (κ1) is 17.2. The lowest BCUT2D eigenvalue weighted by molar-refractivity contribution is -0.122. The number of carbonyl (C=O) groups is 2. The van der Waals surface area contributed by atoms with Crippen molar-refractivity contribution in [3.8, 4) is 0 Å². The van der Waals surface area contributed by atoms with E-state index >= 15 is 0 Å². The normalized spacial score (nSPS) is 15.2. The van der Waals surface area contributed by atoms with Gasteiger partial charge in [-0.05, 0) is 36.1 Å². The van der Waals surface area contributed by atoms with Gasteiger partial charge in [0.05, 0.1) is 5.92 Å². The minimum atomic E-state index is -0.123. The molecule has 0 aromatic heterocycles. The van der Waals surface area contributed by atoms with Gasteiger partial charge < -0.3 is 10.2 Å². The van der Waals surface area contributed by atoms with E-state index in [0.29, 0.717) is 13.0 Å². The van der Waals surface area contributed by atoms with E-state index in [2.05, 4.69) is 5.32 Å². The molecule has 1 unspecified atom stereocenters. The largest absolute Gasteiger partial charge is 0.351 e. The first-order valence-corrected chi connectivity index (χ1v) is 8.91. The summed E-state index contributed by atoms with van der Waals surface area (Å²) in [7, 11) is 0. The van der Waals surface area contributed by atoms with E-state index in [1.807, 2.05) is 66.4 Å². The molecule has 4 heteroatoms. The summed E-state index contributed by atoms with van der Waals surface area (Å²) in [5.74, 6) is 0.116. The van der Waals surface area contributed by atoms with Crippen LogP contribution in [0.5, 0.6) is 0 Å². The van der Waals surface area contributed by atoms with Gasteiger partial charge in [0.2, 0.25) is 11.8 Å². The van der Waals surface area contributed by atoms with Crippen LogP contribution in [-0.2, 0) is 16.1 Å². The molecule has 1 heterocycles. The van der Waals surface area contributed by atoms with Gasteiger partial charge in [-0.3, -0.25) is 9.59 Å². The van der Waals surface area contributed by atoms with Gasteiger partial charge in [-0.1, -0.05) is 49.4 Å². The summed E-state index contributed by atoms with van der Waals surface area (Å²) in [6, 6.07) is 17.7. The molecule has 4 nitrogen and oxygen atoms in total. The Hall–Kier alpha value is -2.62. The fourth-order valence-electron chi connectivity index (χ4n) is 3.29. The number of nitrogens with one attached hydrogen (secondary N) is 1. The highest BCUT2D eigenvalue weighted by atomic mass is 16.2. The Morgan fingerprint density at radius 1 is 1.12 bits per heavy atom. The predicted octanol–water partition coefficient (Wildman–Crippen LogP) is 3.62. The van der Waals surface area contributed by atoms with E-state index in [0.717, 1.165) is 36.2 Å². The average Bonchev–Trinajstić information content (AvgIpc) is 3.08. The lowest BCUT2D eigenvalue weighted by Crippen LogP contribution is -2.28. The molecule has 0 spiro atoms.